The fourth-order valence-corrected chi connectivity index (χ4v) is 7.07. The Morgan fingerprint density at radius 2 is 1.65 bits per heavy atom. The summed E-state index contributed by atoms with van der Waals surface area (Å²) in [7, 11) is 1.47. The third-order valence-corrected chi connectivity index (χ3v) is 10.6. The number of ether oxygens (including phenoxy) is 2. The van der Waals surface area contributed by atoms with E-state index in [9.17, 15) is 40.6 Å². The molecule has 1 aliphatic rings. The number of fused-ring (bicyclic) bond motifs is 1. The predicted octanol–water partition coefficient (Wildman–Crippen LogP) is 8.06. The van der Waals surface area contributed by atoms with E-state index in [0.717, 1.165) is 35.8 Å². The van der Waals surface area contributed by atoms with Crippen LogP contribution in [0.1, 0.15) is 39.9 Å². The molecule has 1 aliphatic heterocycles. The maximum absolute atomic E-state index is 15.1. The minimum atomic E-state index is -5.20. The first-order valence-corrected chi connectivity index (χ1v) is 20.7. The van der Waals surface area contributed by atoms with E-state index in [-0.39, 0.29) is 57.9 Å². The Labute approximate surface area is 391 Å². The molecule has 0 bridgehead atoms. The molecule has 14 nitrogen and oxygen atoms in total. The fraction of sp³-hybridized carbons (Fsp3) is 0.217. The summed E-state index contributed by atoms with van der Waals surface area (Å²) in [5.74, 6) is 3.49. The van der Waals surface area contributed by atoms with E-state index < -0.39 is 59.2 Å². The van der Waals surface area contributed by atoms with Crippen molar-refractivity contribution in [1.29, 1.82) is 0 Å². The van der Waals surface area contributed by atoms with E-state index in [1.165, 1.54) is 49.8 Å². The van der Waals surface area contributed by atoms with Crippen molar-refractivity contribution in [3.63, 3.8) is 0 Å². The maximum Gasteiger partial charge on any atom is 0.418 e. The van der Waals surface area contributed by atoms with Crippen LogP contribution >= 0.6 is 11.6 Å². The molecule has 1 fully saturated rings. The van der Waals surface area contributed by atoms with Gasteiger partial charge in [0, 0.05) is 58.3 Å². The lowest BCUT2D eigenvalue weighted by Crippen LogP contribution is -2.36. The van der Waals surface area contributed by atoms with E-state index in [4.69, 9.17) is 26.8 Å². The number of amides is 1. The highest BCUT2D eigenvalue weighted by Gasteiger charge is 2.39. The first-order chi connectivity index (χ1) is 32.9. The number of carbonyl (C=O) groups excluding carboxylic acids is 1. The summed E-state index contributed by atoms with van der Waals surface area (Å²) >= 11 is 6.30. The molecule has 69 heavy (non-hydrogen) atoms. The molecule has 356 valence electrons. The fourth-order valence-electron chi connectivity index (χ4n) is 6.82. The van der Waals surface area contributed by atoms with Crippen LogP contribution in [0.4, 0.5) is 52.3 Å². The molecule has 3 aromatic carbocycles. The Hall–Kier alpha value is -7.61. The minimum absolute atomic E-state index is 0.0688. The smallest absolute Gasteiger partial charge is 0.418 e. The van der Waals surface area contributed by atoms with Crippen LogP contribution in [-0.4, -0.2) is 86.3 Å². The molecule has 1 atom stereocenters. The van der Waals surface area contributed by atoms with Crippen LogP contribution in [0.25, 0.3) is 22.2 Å². The number of benzene rings is 3. The van der Waals surface area contributed by atoms with E-state index in [0.29, 0.717) is 35.7 Å². The molecule has 0 aliphatic carbocycles. The summed E-state index contributed by atoms with van der Waals surface area (Å²) in [4.78, 5) is 28.1. The second-order valence-corrected chi connectivity index (χ2v) is 15.2. The third kappa shape index (κ3) is 12.1. The van der Waals surface area contributed by atoms with Crippen molar-refractivity contribution in [3.05, 3.63) is 148 Å². The van der Waals surface area contributed by atoms with Crippen molar-refractivity contribution >= 4 is 45.6 Å². The Bertz CT molecular complexity index is 3010. The molecule has 23 heteroatoms. The Morgan fingerprint density at radius 3 is 2.30 bits per heavy atom. The Balaban J connectivity index is 0.000000204. The monoisotopic (exact) mass is 978 g/mol. The molecule has 5 heterocycles. The lowest BCUT2D eigenvalue weighted by atomic mass is 9.99. The molecule has 3 N–H and O–H groups in total. The number of nitrogens with two attached hydrogens (primary N) is 1. The second kappa shape index (κ2) is 21.1. The topological polar surface area (TPSA) is 178 Å². The van der Waals surface area contributed by atoms with Crippen molar-refractivity contribution in [1.82, 2.24) is 35.3 Å². The lowest BCUT2D eigenvalue weighted by molar-refractivity contribution is -0.144. The van der Waals surface area contributed by atoms with Crippen molar-refractivity contribution in [3.8, 4) is 29.0 Å². The summed E-state index contributed by atoms with van der Waals surface area (Å²) < 4.78 is 118. The van der Waals surface area contributed by atoms with Gasteiger partial charge in [-0.3, -0.25) is 9.78 Å². The minimum Gasteiger partial charge on any atom is -0.480 e. The number of aliphatic hydroxyl groups is 1. The second-order valence-electron chi connectivity index (χ2n) is 14.8. The van der Waals surface area contributed by atoms with Gasteiger partial charge in [0.15, 0.2) is 0 Å². The van der Waals surface area contributed by atoms with Crippen LogP contribution in [0.3, 0.4) is 0 Å². The van der Waals surface area contributed by atoms with Crippen LogP contribution in [0.2, 0.25) is 5.02 Å². The zero-order valence-electron chi connectivity index (χ0n) is 35.7. The highest BCUT2D eigenvalue weighted by atomic mass is 35.5. The maximum atomic E-state index is 15.1. The zero-order valence-corrected chi connectivity index (χ0v) is 36.5. The number of methoxy groups -OCH3 is 1. The average Bonchev–Trinajstić information content (AvgIpc) is 3.33. The number of alkyl halides is 6. The molecule has 0 unspecified atom stereocenters. The molecule has 1 saturated heterocycles. The Kier molecular flexibility index (Phi) is 15.1. The SMILES string of the molecule is COc1ccc([C@@H](O)c2cc(-c3ncnc4cc(N5CCOCC5)ccc34)c(F)cc2Cl)nn1.Nc1ccc(C#CCN(C(=O)Cc2ncc(C(F)(F)F)cc2C(F)(F)F)c2ccc(F)cc2)nn1. The molecular weight excluding hydrogens is 944 g/mol. The average molecular weight is 979 g/mol. The van der Waals surface area contributed by atoms with Gasteiger partial charge in [-0.15, -0.1) is 20.4 Å². The van der Waals surface area contributed by atoms with Crippen LogP contribution in [0.15, 0.2) is 97.5 Å². The molecule has 7 aromatic rings. The number of aliphatic hydroxyl groups excluding tert-OH is 1. The van der Waals surface area contributed by atoms with E-state index in [1.807, 2.05) is 18.2 Å². The van der Waals surface area contributed by atoms with Crippen LogP contribution in [0, 0.1) is 23.5 Å². The van der Waals surface area contributed by atoms with Crippen LogP contribution in [-0.2, 0) is 28.3 Å². The summed E-state index contributed by atoms with van der Waals surface area (Å²) in [6, 6.07) is 18.8. The molecular formula is C46H35ClF8N10O4. The van der Waals surface area contributed by atoms with Crippen molar-refractivity contribution in [2.45, 2.75) is 24.9 Å². The zero-order chi connectivity index (χ0) is 49.5. The molecule has 0 saturated carbocycles. The molecule has 4 aromatic heterocycles. The number of halogens is 9. The van der Waals surface area contributed by atoms with Gasteiger partial charge in [-0.25, -0.2) is 18.7 Å². The van der Waals surface area contributed by atoms with Crippen LogP contribution in [0.5, 0.6) is 5.88 Å². The van der Waals surface area contributed by atoms with Crippen molar-refractivity contribution < 1.29 is 54.5 Å². The van der Waals surface area contributed by atoms with Gasteiger partial charge in [0.1, 0.15) is 35.6 Å². The van der Waals surface area contributed by atoms with Gasteiger partial charge >= 0.3 is 12.4 Å². The number of aromatic nitrogens is 7. The van der Waals surface area contributed by atoms with Gasteiger partial charge in [-0.05, 0) is 84.8 Å². The highest BCUT2D eigenvalue weighted by Crippen LogP contribution is 2.38. The molecule has 0 radical (unpaired) electrons. The molecule has 8 rings (SSSR count). The van der Waals surface area contributed by atoms with Crippen molar-refractivity contribution in [2.24, 2.45) is 0 Å². The largest absolute Gasteiger partial charge is 0.480 e. The number of morpholine rings is 1. The van der Waals surface area contributed by atoms with Gasteiger partial charge in [-0.1, -0.05) is 17.5 Å². The van der Waals surface area contributed by atoms with Crippen molar-refractivity contribution in [2.75, 3.05) is 55.5 Å². The quantitative estimate of drug-likeness (QED) is 0.105. The van der Waals surface area contributed by atoms with Gasteiger partial charge in [0.05, 0.1) is 67.0 Å². The van der Waals surface area contributed by atoms with Gasteiger partial charge < -0.3 is 30.1 Å². The molecule has 0 spiro atoms. The van der Waals surface area contributed by atoms with Crippen LogP contribution < -0.4 is 20.3 Å². The number of nitrogens with zero attached hydrogens (tertiary/aromatic N) is 9. The number of anilines is 3. The van der Waals surface area contributed by atoms with E-state index >= 15 is 4.39 Å². The summed E-state index contributed by atoms with van der Waals surface area (Å²) in [5.41, 5.74) is 4.36. The number of rotatable bonds is 9. The number of carbonyl (C=O) groups is 1. The van der Waals surface area contributed by atoms with Gasteiger partial charge in [-0.2, -0.15) is 26.3 Å². The normalized spacial score (nSPS) is 13.2. The third-order valence-electron chi connectivity index (χ3n) is 10.3. The van der Waals surface area contributed by atoms with Gasteiger partial charge in [0.2, 0.25) is 11.8 Å². The first kappa shape index (κ1) is 49.3. The molecule has 1 amide bonds. The van der Waals surface area contributed by atoms with Gasteiger partial charge in [0.25, 0.3) is 0 Å². The van der Waals surface area contributed by atoms with E-state index in [2.05, 4.69) is 52.1 Å². The number of hydrogen-bond donors (Lipinski definition) is 2. The summed E-state index contributed by atoms with van der Waals surface area (Å²) in [6.45, 7) is 2.58. The summed E-state index contributed by atoms with van der Waals surface area (Å²) in [5, 5.41) is 26.8. The first-order valence-electron chi connectivity index (χ1n) is 20.3. The lowest BCUT2D eigenvalue weighted by Gasteiger charge is -2.29. The number of pyridine rings is 1. The summed E-state index contributed by atoms with van der Waals surface area (Å²) in [6.07, 6.45) is -10.8. The Morgan fingerprint density at radius 1 is 0.899 bits per heavy atom. The standard InChI is InChI=1S/C24H21ClFN5O3.C22H14F7N5O/c1-33-22-5-4-20(29-30-22)24(32)16-11-17(19(26)12-18(16)25)23-15-3-2-14(10-21(15)27-13-28-23)31-6-8-34-9-7-31;23-14-3-6-16(7-4-14)34(9-1-2-15-5-8-19(30)33-32-15)20(35)11-18-17(22(27,28)29)10-13(12-31-18)21(24,25)26/h2-5,10-13,24,32H,6-9H2,1H3;3-8,10,12H,9,11H2,(H2,30,33)/t24-;/m0./s1. The highest BCUT2D eigenvalue weighted by molar-refractivity contribution is 6.31. The predicted molar refractivity (Wildman–Crippen MR) is 236 cm³/mol. The number of nitrogen functional groups attached to an aromatic ring is 1. The number of hydrogen-bond acceptors (Lipinski definition) is 13. The van der Waals surface area contributed by atoms with E-state index in [1.54, 1.807) is 12.1 Å².